The molecule has 0 fully saturated rings. The number of rotatable bonds is 11. The summed E-state index contributed by atoms with van der Waals surface area (Å²) in [6.07, 6.45) is 2.39. The van der Waals surface area contributed by atoms with Crippen molar-refractivity contribution in [3.8, 4) is 5.75 Å². The minimum atomic E-state index is -0.460. The summed E-state index contributed by atoms with van der Waals surface area (Å²) in [7, 11) is 1.33. The van der Waals surface area contributed by atoms with Crippen LogP contribution in [-0.2, 0) is 29.1 Å². The number of halogens is 1. The van der Waals surface area contributed by atoms with Gasteiger partial charge in [-0.05, 0) is 43.5 Å². The average Bonchev–Trinajstić information content (AvgIpc) is 3.37. The fourth-order valence-corrected chi connectivity index (χ4v) is 5.50. The number of anilines is 1. The maximum absolute atomic E-state index is 12.7. The molecule has 186 valence electrons. The first kappa shape index (κ1) is 26.8. The molecular formula is C24H27ClN4O4S2. The summed E-state index contributed by atoms with van der Waals surface area (Å²) in [5.41, 5.74) is 2.33. The second-order valence-corrected chi connectivity index (χ2v) is 10.1. The smallest absolute Gasteiger partial charge is 0.341 e. The molecule has 3 aromatic rings. The summed E-state index contributed by atoms with van der Waals surface area (Å²) in [4.78, 5) is 26.0. The van der Waals surface area contributed by atoms with Crippen LogP contribution in [-0.4, -0.2) is 39.5 Å². The first-order valence-electron chi connectivity index (χ1n) is 10.8. The third-order valence-electron chi connectivity index (χ3n) is 5.09. The number of ether oxygens (including phenoxy) is 2. The number of hydrogen-bond acceptors (Lipinski definition) is 8. The van der Waals surface area contributed by atoms with E-state index in [0.717, 1.165) is 16.0 Å². The van der Waals surface area contributed by atoms with Gasteiger partial charge < -0.3 is 14.8 Å². The molecule has 0 aliphatic carbocycles. The van der Waals surface area contributed by atoms with Crippen LogP contribution in [0.4, 0.5) is 5.00 Å². The standard InChI is InChI=1S/C24H27ClN4O4S2/c1-6-10-29-19(12-33-18-11-14(3)8-9-17(18)25)27-28-24(29)34-13-20(30)26-22-21(23(31)32-5)16(7-2)15(4)35-22/h6,8-9,11H,1,7,10,12-13H2,2-5H3,(H,26,30). The summed E-state index contributed by atoms with van der Waals surface area (Å²) >= 11 is 8.82. The molecule has 3 rings (SSSR count). The number of nitrogens with one attached hydrogen (secondary N) is 1. The first-order chi connectivity index (χ1) is 16.8. The highest BCUT2D eigenvalue weighted by molar-refractivity contribution is 7.99. The average molecular weight is 535 g/mol. The Bertz CT molecular complexity index is 1240. The van der Waals surface area contributed by atoms with Gasteiger partial charge in [-0.2, -0.15) is 0 Å². The number of thiophene rings is 1. The molecule has 1 N–H and O–H groups in total. The number of aryl methyl sites for hydroxylation is 2. The number of benzene rings is 1. The van der Waals surface area contributed by atoms with Crippen LogP contribution in [0.2, 0.25) is 5.02 Å². The lowest BCUT2D eigenvalue weighted by Crippen LogP contribution is -2.17. The van der Waals surface area contributed by atoms with E-state index in [9.17, 15) is 9.59 Å². The first-order valence-corrected chi connectivity index (χ1v) is 13.0. The van der Waals surface area contributed by atoms with Crippen LogP contribution in [0.1, 0.15) is 39.1 Å². The summed E-state index contributed by atoms with van der Waals surface area (Å²) in [5, 5.41) is 12.9. The Kier molecular flexibility index (Phi) is 9.36. The fourth-order valence-electron chi connectivity index (χ4n) is 3.41. The van der Waals surface area contributed by atoms with Crippen molar-refractivity contribution in [2.45, 2.75) is 45.5 Å². The normalized spacial score (nSPS) is 10.8. The van der Waals surface area contributed by atoms with Crippen LogP contribution in [0.3, 0.4) is 0 Å². The van der Waals surface area contributed by atoms with Gasteiger partial charge in [0.2, 0.25) is 5.91 Å². The van der Waals surface area contributed by atoms with E-state index < -0.39 is 5.97 Å². The highest BCUT2D eigenvalue weighted by Gasteiger charge is 2.23. The Labute approximate surface area is 217 Å². The number of methoxy groups -OCH3 is 1. The molecule has 1 amide bonds. The Hall–Kier alpha value is -2.82. The van der Waals surface area contributed by atoms with E-state index in [0.29, 0.717) is 45.3 Å². The molecule has 2 heterocycles. The van der Waals surface area contributed by atoms with Gasteiger partial charge in [-0.25, -0.2) is 4.79 Å². The monoisotopic (exact) mass is 534 g/mol. The molecule has 0 radical (unpaired) electrons. The van der Waals surface area contributed by atoms with Crippen molar-refractivity contribution in [2.24, 2.45) is 0 Å². The number of aromatic nitrogens is 3. The van der Waals surface area contributed by atoms with Crippen molar-refractivity contribution in [2.75, 3.05) is 18.2 Å². The van der Waals surface area contributed by atoms with Gasteiger partial charge in [0.05, 0.1) is 23.4 Å². The van der Waals surface area contributed by atoms with Crippen LogP contribution in [0.5, 0.6) is 5.75 Å². The van der Waals surface area contributed by atoms with E-state index in [1.54, 1.807) is 12.1 Å². The van der Waals surface area contributed by atoms with Crippen molar-refractivity contribution in [3.63, 3.8) is 0 Å². The molecule has 8 nitrogen and oxygen atoms in total. The van der Waals surface area contributed by atoms with E-state index >= 15 is 0 Å². The van der Waals surface area contributed by atoms with Gasteiger partial charge >= 0.3 is 5.97 Å². The maximum atomic E-state index is 12.7. The maximum Gasteiger partial charge on any atom is 0.341 e. The number of esters is 1. The quantitative estimate of drug-likeness (QED) is 0.198. The van der Waals surface area contributed by atoms with Crippen molar-refractivity contribution < 1.29 is 19.1 Å². The fraction of sp³-hybridized carbons (Fsp3) is 0.333. The lowest BCUT2D eigenvalue weighted by Gasteiger charge is -2.11. The Morgan fingerprint density at radius 2 is 2.09 bits per heavy atom. The zero-order valence-corrected chi connectivity index (χ0v) is 22.4. The highest BCUT2D eigenvalue weighted by atomic mass is 35.5. The van der Waals surface area contributed by atoms with Crippen LogP contribution < -0.4 is 10.1 Å². The van der Waals surface area contributed by atoms with Gasteiger partial charge in [-0.15, -0.1) is 28.1 Å². The number of nitrogens with zero attached hydrogens (tertiary/aromatic N) is 3. The van der Waals surface area contributed by atoms with E-state index in [2.05, 4.69) is 22.1 Å². The minimum absolute atomic E-state index is 0.0822. The second kappa shape index (κ2) is 12.2. The number of carbonyl (C=O) groups excluding carboxylic acids is 2. The molecule has 0 saturated carbocycles. The van der Waals surface area contributed by atoms with E-state index in [1.807, 2.05) is 37.5 Å². The number of carbonyl (C=O) groups is 2. The zero-order valence-electron chi connectivity index (χ0n) is 20.0. The Morgan fingerprint density at radius 1 is 1.31 bits per heavy atom. The van der Waals surface area contributed by atoms with Gasteiger partial charge in [0, 0.05) is 11.4 Å². The van der Waals surface area contributed by atoms with E-state index in [-0.39, 0.29) is 18.3 Å². The summed E-state index contributed by atoms with van der Waals surface area (Å²) in [6, 6.07) is 5.55. The molecule has 0 spiro atoms. The van der Waals surface area contributed by atoms with Crippen LogP contribution in [0.15, 0.2) is 36.0 Å². The predicted molar refractivity (Wildman–Crippen MR) is 140 cm³/mol. The number of allylic oxidation sites excluding steroid dienone is 1. The predicted octanol–water partition coefficient (Wildman–Crippen LogP) is 5.45. The SMILES string of the molecule is C=CCn1c(COc2cc(C)ccc2Cl)nnc1SCC(=O)Nc1sc(C)c(CC)c1C(=O)OC. The van der Waals surface area contributed by atoms with Crippen LogP contribution in [0.25, 0.3) is 0 Å². The summed E-state index contributed by atoms with van der Waals surface area (Å²) < 4.78 is 12.6. The number of amides is 1. The molecule has 0 aliphatic heterocycles. The highest BCUT2D eigenvalue weighted by Crippen LogP contribution is 2.34. The molecule has 0 atom stereocenters. The molecule has 0 saturated heterocycles. The van der Waals surface area contributed by atoms with Crippen molar-refractivity contribution in [1.82, 2.24) is 14.8 Å². The Balaban J connectivity index is 1.69. The lowest BCUT2D eigenvalue weighted by molar-refractivity contribution is -0.113. The van der Waals surface area contributed by atoms with Crippen LogP contribution in [0, 0.1) is 13.8 Å². The van der Waals surface area contributed by atoms with Crippen molar-refractivity contribution in [3.05, 3.63) is 63.3 Å². The van der Waals surface area contributed by atoms with Gasteiger partial charge in [0.15, 0.2) is 11.0 Å². The molecule has 0 unspecified atom stereocenters. The van der Waals surface area contributed by atoms with Gasteiger partial charge in [0.1, 0.15) is 17.4 Å². The lowest BCUT2D eigenvalue weighted by atomic mass is 10.1. The number of hydrogen-bond donors (Lipinski definition) is 1. The van der Waals surface area contributed by atoms with Gasteiger partial charge in [-0.1, -0.05) is 42.4 Å². The van der Waals surface area contributed by atoms with E-state index in [1.165, 1.54) is 30.2 Å². The zero-order chi connectivity index (χ0) is 25.5. The number of thioether (sulfide) groups is 1. The molecule has 1 aromatic carbocycles. The topological polar surface area (TPSA) is 95.3 Å². The third kappa shape index (κ3) is 6.45. The van der Waals surface area contributed by atoms with Crippen molar-refractivity contribution >= 4 is 51.6 Å². The molecular weight excluding hydrogens is 508 g/mol. The van der Waals surface area contributed by atoms with Crippen molar-refractivity contribution in [1.29, 1.82) is 0 Å². The molecule has 0 bridgehead atoms. The minimum Gasteiger partial charge on any atom is -0.484 e. The molecule has 0 aliphatic rings. The third-order valence-corrected chi connectivity index (χ3v) is 7.43. The van der Waals surface area contributed by atoms with Gasteiger partial charge in [0.25, 0.3) is 0 Å². The van der Waals surface area contributed by atoms with Gasteiger partial charge in [-0.3, -0.25) is 9.36 Å². The molecule has 2 aromatic heterocycles. The summed E-state index contributed by atoms with van der Waals surface area (Å²) in [5.74, 6) is 0.505. The largest absolute Gasteiger partial charge is 0.484 e. The molecule has 11 heteroatoms. The van der Waals surface area contributed by atoms with E-state index in [4.69, 9.17) is 21.1 Å². The van der Waals surface area contributed by atoms with Crippen LogP contribution >= 0.6 is 34.7 Å². The second-order valence-electron chi connectivity index (χ2n) is 7.54. The Morgan fingerprint density at radius 3 is 2.77 bits per heavy atom. The molecule has 35 heavy (non-hydrogen) atoms. The summed E-state index contributed by atoms with van der Waals surface area (Å²) in [6.45, 7) is 10.2.